The second kappa shape index (κ2) is 14.1. The molecule has 3 aromatic carbocycles. The van der Waals surface area contributed by atoms with E-state index in [0.29, 0.717) is 41.1 Å². The molecule has 8 heteroatoms. The summed E-state index contributed by atoms with van der Waals surface area (Å²) in [7, 11) is 9.68. The number of benzene rings is 3. The predicted octanol–water partition coefficient (Wildman–Crippen LogP) is 6.27. The molecule has 41 heavy (non-hydrogen) atoms. The second-order valence-electron chi connectivity index (χ2n) is 9.94. The number of methoxy groups -OCH3 is 6. The Kier molecular flexibility index (Phi) is 10.4. The number of hydrogen-bond acceptors (Lipinski definition) is 8. The SMILES string of the molecule is COc1ccc(C=CC[C@@H]2C[C@H]([C@H](O)c3ccc(OC)c(OC)c3)CO[C@H]2c2ccc(OC)c(OC)c2)cc1OC. The fourth-order valence-corrected chi connectivity index (χ4v) is 5.43. The molecule has 0 bridgehead atoms. The van der Waals surface area contributed by atoms with E-state index in [1.165, 1.54) is 0 Å². The van der Waals surface area contributed by atoms with Gasteiger partial charge >= 0.3 is 0 Å². The van der Waals surface area contributed by atoms with Crippen molar-refractivity contribution in [3.8, 4) is 34.5 Å². The molecule has 0 unspecified atom stereocenters. The summed E-state index contributed by atoms with van der Waals surface area (Å²) in [6.07, 6.45) is 4.81. The average molecular weight is 565 g/mol. The van der Waals surface area contributed by atoms with Crippen molar-refractivity contribution in [2.45, 2.75) is 25.0 Å². The Balaban J connectivity index is 1.59. The molecule has 4 atom stereocenters. The number of aliphatic hydroxyl groups is 1. The van der Waals surface area contributed by atoms with Crippen LogP contribution in [-0.2, 0) is 4.74 Å². The first-order chi connectivity index (χ1) is 20.0. The fourth-order valence-electron chi connectivity index (χ4n) is 5.43. The molecule has 1 fully saturated rings. The van der Waals surface area contributed by atoms with Crippen molar-refractivity contribution in [3.05, 3.63) is 77.4 Å². The van der Waals surface area contributed by atoms with Gasteiger partial charge in [-0.15, -0.1) is 0 Å². The van der Waals surface area contributed by atoms with Gasteiger partial charge in [-0.25, -0.2) is 0 Å². The van der Waals surface area contributed by atoms with Gasteiger partial charge in [0.15, 0.2) is 34.5 Å². The molecule has 1 saturated heterocycles. The first kappa shape index (κ1) is 30.1. The maximum atomic E-state index is 11.4. The van der Waals surface area contributed by atoms with Gasteiger partial charge in [-0.3, -0.25) is 0 Å². The maximum Gasteiger partial charge on any atom is 0.161 e. The monoisotopic (exact) mass is 564 g/mol. The molecule has 0 radical (unpaired) electrons. The molecule has 0 aromatic heterocycles. The molecule has 4 rings (SSSR count). The van der Waals surface area contributed by atoms with Gasteiger partial charge in [0, 0.05) is 5.92 Å². The minimum Gasteiger partial charge on any atom is -0.493 e. The van der Waals surface area contributed by atoms with Gasteiger partial charge < -0.3 is 38.3 Å². The molecule has 0 aliphatic carbocycles. The molecule has 1 N–H and O–H groups in total. The predicted molar refractivity (Wildman–Crippen MR) is 158 cm³/mol. The highest BCUT2D eigenvalue weighted by atomic mass is 16.5. The highest BCUT2D eigenvalue weighted by Gasteiger charge is 2.36. The van der Waals surface area contributed by atoms with Crippen LogP contribution >= 0.6 is 0 Å². The van der Waals surface area contributed by atoms with E-state index in [0.717, 1.165) is 29.5 Å². The van der Waals surface area contributed by atoms with E-state index in [4.69, 9.17) is 33.2 Å². The molecule has 3 aromatic rings. The van der Waals surface area contributed by atoms with E-state index in [2.05, 4.69) is 12.2 Å². The summed E-state index contributed by atoms with van der Waals surface area (Å²) < 4.78 is 39.1. The number of allylic oxidation sites excluding steroid dienone is 1. The third kappa shape index (κ3) is 6.89. The van der Waals surface area contributed by atoms with Crippen molar-refractivity contribution in [1.82, 2.24) is 0 Å². The zero-order valence-corrected chi connectivity index (χ0v) is 24.6. The van der Waals surface area contributed by atoms with E-state index in [1.54, 1.807) is 42.7 Å². The first-order valence-electron chi connectivity index (χ1n) is 13.6. The van der Waals surface area contributed by atoms with Crippen molar-refractivity contribution in [2.75, 3.05) is 49.3 Å². The lowest BCUT2D eigenvalue weighted by atomic mass is 9.79. The summed E-state index contributed by atoms with van der Waals surface area (Å²) in [5.41, 5.74) is 2.77. The largest absolute Gasteiger partial charge is 0.493 e. The Bertz CT molecular complexity index is 1320. The summed E-state index contributed by atoms with van der Waals surface area (Å²) in [5.74, 6) is 3.87. The van der Waals surface area contributed by atoms with Crippen LogP contribution in [0.25, 0.3) is 6.08 Å². The quantitative estimate of drug-likeness (QED) is 0.276. The van der Waals surface area contributed by atoms with Crippen LogP contribution in [-0.4, -0.2) is 54.4 Å². The maximum absolute atomic E-state index is 11.4. The molecule has 1 heterocycles. The lowest BCUT2D eigenvalue weighted by Gasteiger charge is -2.38. The van der Waals surface area contributed by atoms with Crippen LogP contribution in [0.2, 0.25) is 0 Å². The Morgan fingerprint density at radius 2 is 1.29 bits per heavy atom. The summed E-state index contributed by atoms with van der Waals surface area (Å²) >= 11 is 0. The van der Waals surface area contributed by atoms with Crippen LogP contribution in [0.5, 0.6) is 34.5 Å². The zero-order chi connectivity index (χ0) is 29.4. The highest BCUT2D eigenvalue weighted by molar-refractivity contribution is 5.56. The lowest BCUT2D eigenvalue weighted by Crippen LogP contribution is -2.32. The van der Waals surface area contributed by atoms with Crippen molar-refractivity contribution < 1.29 is 38.3 Å². The van der Waals surface area contributed by atoms with Gasteiger partial charge in [-0.1, -0.05) is 30.4 Å². The first-order valence-corrected chi connectivity index (χ1v) is 13.6. The molecule has 0 spiro atoms. The van der Waals surface area contributed by atoms with Crippen LogP contribution in [0.1, 0.15) is 41.7 Å². The number of hydrogen-bond donors (Lipinski definition) is 1. The Labute approximate surface area is 242 Å². The molecule has 8 nitrogen and oxygen atoms in total. The molecule has 1 aliphatic heterocycles. The minimum absolute atomic E-state index is 0.0954. The van der Waals surface area contributed by atoms with Crippen LogP contribution in [0.4, 0.5) is 0 Å². The molecule has 1 aliphatic rings. The van der Waals surface area contributed by atoms with E-state index in [9.17, 15) is 5.11 Å². The Hall–Kier alpha value is -3.88. The lowest BCUT2D eigenvalue weighted by molar-refractivity contribution is -0.0901. The van der Waals surface area contributed by atoms with Crippen molar-refractivity contribution >= 4 is 6.08 Å². The average Bonchev–Trinajstić information content (AvgIpc) is 3.03. The van der Waals surface area contributed by atoms with Crippen molar-refractivity contribution in [1.29, 1.82) is 0 Å². The standard InChI is InChI=1S/C33H40O8/c1-35-26-13-10-21(16-29(26)38-4)8-7-9-23-17-25(32(34)22-11-14-27(36-2)30(18-22)39-5)20-41-33(23)24-12-15-28(37-3)31(19-24)40-6/h7-8,10-16,18-19,23,25,32-34H,9,17,20H2,1-6H3/t23-,25+,32-,33-/m1/s1. The topological polar surface area (TPSA) is 84.8 Å². The van der Waals surface area contributed by atoms with E-state index in [-0.39, 0.29) is 17.9 Å². The van der Waals surface area contributed by atoms with E-state index >= 15 is 0 Å². The summed E-state index contributed by atoms with van der Waals surface area (Å²) in [6, 6.07) is 17.2. The van der Waals surface area contributed by atoms with Crippen molar-refractivity contribution in [2.24, 2.45) is 11.8 Å². The Morgan fingerprint density at radius 3 is 1.93 bits per heavy atom. The minimum atomic E-state index is -0.724. The molecule has 0 amide bonds. The molecular weight excluding hydrogens is 524 g/mol. The highest BCUT2D eigenvalue weighted by Crippen LogP contribution is 2.44. The van der Waals surface area contributed by atoms with Gasteiger partial charge in [-0.05, 0) is 71.8 Å². The number of aliphatic hydroxyl groups excluding tert-OH is 1. The van der Waals surface area contributed by atoms with Gasteiger partial charge in [0.1, 0.15) is 0 Å². The molecular formula is C33H40O8. The van der Waals surface area contributed by atoms with Crippen LogP contribution in [0.3, 0.4) is 0 Å². The van der Waals surface area contributed by atoms with E-state index < -0.39 is 6.10 Å². The van der Waals surface area contributed by atoms with Gasteiger partial charge in [0.25, 0.3) is 0 Å². The normalized spacial score (nSPS) is 19.4. The summed E-state index contributed by atoms with van der Waals surface area (Å²) in [4.78, 5) is 0. The van der Waals surface area contributed by atoms with Crippen molar-refractivity contribution in [3.63, 3.8) is 0 Å². The van der Waals surface area contributed by atoms with Crippen LogP contribution in [0, 0.1) is 11.8 Å². The van der Waals surface area contributed by atoms with Gasteiger partial charge in [-0.2, -0.15) is 0 Å². The van der Waals surface area contributed by atoms with Crippen LogP contribution in [0.15, 0.2) is 60.7 Å². The summed E-state index contributed by atoms with van der Waals surface area (Å²) in [5, 5.41) is 11.4. The number of ether oxygens (including phenoxy) is 7. The molecule has 0 saturated carbocycles. The number of rotatable bonds is 12. The fraction of sp³-hybridized carbons (Fsp3) is 0.394. The smallest absolute Gasteiger partial charge is 0.161 e. The second-order valence-corrected chi connectivity index (χ2v) is 9.94. The van der Waals surface area contributed by atoms with E-state index in [1.807, 2.05) is 54.6 Å². The third-order valence-corrected chi connectivity index (χ3v) is 7.61. The molecule has 220 valence electrons. The third-order valence-electron chi connectivity index (χ3n) is 7.61. The Morgan fingerprint density at radius 1 is 0.732 bits per heavy atom. The van der Waals surface area contributed by atoms with Gasteiger partial charge in [0.2, 0.25) is 0 Å². The zero-order valence-electron chi connectivity index (χ0n) is 24.6. The van der Waals surface area contributed by atoms with Crippen LogP contribution < -0.4 is 28.4 Å². The summed E-state index contributed by atoms with van der Waals surface area (Å²) in [6.45, 7) is 0.407. The van der Waals surface area contributed by atoms with Gasteiger partial charge in [0.05, 0.1) is 61.5 Å².